The molecule has 0 radical (unpaired) electrons. The first-order valence-electron chi connectivity index (χ1n) is 12.1. The molecule has 0 bridgehead atoms. The lowest BCUT2D eigenvalue weighted by Gasteiger charge is -2.03. The van der Waals surface area contributed by atoms with Gasteiger partial charge in [0, 0.05) is 0 Å². The molecule has 29 heavy (non-hydrogen) atoms. The lowest BCUT2D eigenvalue weighted by molar-refractivity contribution is 0.448. The minimum Gasteiger partial charge on any atom is -0.507 e. The van der Waals surface area contributed by atoms with E-state index in [4.69, 9.17) is 0 Å². The van der Waals surface area contributed by atoms with E-state index in [9.17, 15) is 10.2 Å². The third-order valence-corrected chi connectivity index (χ3v) is 5.54. The molecule has 0 aromatic heterocycles. The van der Waals surface area contributed by atoms with Crippen molar-refractivity contribution in [3.63, 3.8) is 0 Å². The molecule has 0 aliphatic rings. The van der Waals surface area contributed by atoms with Crippen molar-refractivity contribution >= 4 is 6.08 Å². The van der Waals surface area contributed by atoms with Crippen LogP contribution in [0.15, 0.2) is 36.4 Å². The lowest BCUT2D eigenvalue weighted by Crippen LogP contribution is -1.83. The average molecular weight is 401 g/mol. The molecule has 1 aromatic rings. The molecule has 0 aliphatic heterocycles. The molecule has 0 fully saturated rings. The maximum Gasteiger partial charge on any atom is 0.126 e. The molecule has 0 atom stereocenters. The first-order valence-corrected chi connectivity index (χ1v) is 12.1. The van der Waals surface area contributed by atoms with Gasteiger partial charge in [0.15, 0.2) is 0 Å². The Labute approximate surface area is 179 Å². The summed E-state index contributed by atoms with van der Waals surface area (Å²) in [6, 6.07) is 4.80. The number of phenolic OH excluding ortho intramolecular Hbond substituents is 2. The van der Waals surface area contributed by atoms with Crippen molar-refractivity contribution in [2.45, 2.75) is 110 Å². The molecule has 164 valence electrons. The number of rotatable bonds is 18. The number of phenols is 2. The van der Waals surface area contributed by atoms with Gasteiger partial charge in [0.25, 0.3) is 0 Å². The number of allylic oxidation sites excluding steroid dienone is 3. The third kappa shape index (κ3) is 14.0. The summed E-state index contributed by atoms with van der Waals surface area (Å²) in [7, 11) is 0. The van der Waals surface area contributed by atoms with Gasteiger partial charge in [-0.1, -0.05) is 121 Å². The van der Waals surface area contributed by atoms with E-state index < -0.39 is 0 Å². The molecule has 0 amide bonds. The van der Waals surface area contributed by atoms with Gasteiger partial charge in [-0.15, -0.1) is 0 Å². The second-order valence-electron chi connectivity index (χ2n) is 8.24. The normalized spacial score (nSPS) is 11.8. The molecule has 0 aliphatic carbocycles. The van der Waals surface area contributed by atoms with E-state index >= 15 is 0 Å². The van der Waals surface area contributed by atoms with E-state index in [1.807, 2.05) is 12.2 Å². The first-order chi connectivity index (χ1) is 14.3. The van der Waals surface area contributed by atoms with Crippen LogP contribution in [0.5, 0.6) is 11.5 Å². The maximum absolute atomic E-state index is 9.71. The summed E-state index contributed by atoms with van der Waals surface area (Å²) in [5.41, 5.74) is 0.476. The van der Waals surface area contributed by atoms with E-state index in [0.29, 0.717) is 5.56 Å². The van der Waals surface area contributed by atoms with E-state index in [2.05, 4.69) is 13.0 Å². The van der Waals surface area contributed by atoms with Crippen LogP contribution in [-0.4, -0.2) is 10.2 Å². The Bertz CT molecular complexity index is 539. The Hall–Kier alpha value is -1.70. The Balaban J connectivity index is 1.86. The zero-order valence-electron chi connectivity index (χ0n) is 18.7. The molecular formula is C27H44O2. The number of unbranched alkanes of at least 4 members (excludes halogenated alkanes) is 15. The second kappa shape index (κ2) is 18.3. The lowest BCUT2D eigenvalue weighted by atomic mass is 10.0. The van der Waals surface area contributed by atoms with Crippen molar-refractivity contribution in [3.8, 4) is 11.5 Å². The van der Waals surface area contributed by atoms with Crippen molar-refractivity contribution in [2.24, 2.45) is 0 Å². The van der Waals surface area contributed by atoms with Gasteiger partial charge in [0.2, 0.25) is 0 Å². The van der Waals surface area contributed by atoms with E-state index in [-0.39, 0.29) is 11.5 Å². The summed E-state index contributed by atoms with van der Waals surface area (Å²) in [6.07, 6.45) is 29.8. The van der Waals surface area contributed by atoms with Crippen LogP contribution in [0, 0.1) is 0 Å². The van der Waals surface area contributed by atoms with Gasteiger partial charge in [-0.2, -0.15) is 0 Å². The summed E-state index contributed by atoms with van der Waals surface area (Å²) in [5.74, 6) is 0.217. The van der Waals surface area contributed by atoms with Crippen LogP contribution in [0.3, 0.4) is 0 Å². The van der Waals surface area contributed by atoms with Gasteiger partial charge >= 0.3 is 0 Å². The highest BCUT2D eigenvalue weighted by Gasteiger charge is 2.01. The Morgan fingerprint density at radius 2 is 1.07 bits per heavy atom. The fourth-order valence-corrected chi connectivity index (χ4v) is 3.67. The summed E-state index contributed by atoms with van der Waals surface area (Å²) < 4.78 is 0. The Morgan fingerprint density at radius 1 is 0.621 bits per heavy atom. The molecule has 0 spiro atoms. The van der Waals surface area contributed by atoms with E-state index in [1.54, 1.807) is 24.3 Å². The third-order valence-electron chi connectivity index (χ3n) is 5.54. The van der Waals surface area contributed by atoms with Gasteiger partial charge in [0.1, 0.15) is 11.5 Å². The van der Waals surface area contributed by atoms with E-state index in [0.717, 1.165) is 6.42 Å². The average Bonchev–Trinajstić information content (AvgIpc) is 2.71. The Morgan fingerprint density at radius 3 is 1.55 bits per heavy atom. The van der Waals surface area contributed by atoms with Gasteiger partial charge in [-0.3, -0.25) is 0 Å². The van der Waals surface area contributed by atoms with Crippen molar-refractivity contribution in [3.05, 3.63) is 42.0 Å². The molecule has 1 aromatic carbocycles. The molecular weight excluding hydrogens is 356 g/mol. The van der Waals surface area contributed by atoms with Gasteiger partial charge in [-0.25, -0.2) is 0 Å². The van der Waals surface area contributed by atoms with Crippen LogP contribution in [-0.2, 0) is 0 Å². The molecule has 0 unspecified atom stereocenters. The smallest absolute Gasteiger partial charge is 0.126 e. The van der Waals surface area contributed by atoms with Crippen LogP contribution in [0.1, 0.15) is 115 Å². The highest BCUT2D eigenvalue weighted by molar-refractivity contribution is 5.64. The zero-order valence-corrected chi connectivity index (χ0v) is 18.7. The largest absolute Gasteiger partial charge is 0.507 e. The first kappa shape index (κ1) is 25.3. The molecule has 2 heteroatoms. The monoisotopic (exact) mass is 400 g/mol. The van der Waals surface area contributed by atoms with Gasteiger partial charge in [-0.05, 0) is 31.1 Å². The van der Waals surface area contributed by atoms with Crippen molar-refractivity contribution in [2.75, 3.05) is 0 Å². The maximum atomic E-state index is 9.71. The minimum atomic E-state index is 0.108. The van der Waals surface area contributed by atoms with Crippen molar-refractivity contribution in [1.82, 2.24) is 0 Å². The fourth-order valence-electron chi connectivity index (χ4n) is 3.67. The standard InChI is InChI=1S/C27H44O2/c1-2-3-4-5-6-7-8-9-10-11-12-13-14-15-16-17-18-19-20-22-25-26(28)23-21-24-27(25)29/h18-24,28-29H,2-17H2,1H3. The molecule has 1 rings (SSSR count). The number of aromatic hydroxyl groups is 2. The summed E-state index contributed by atoms with van der Waals surface area (Å²) in [6.45, 7) is 2.28. The van der Waals surface area contributed by atoms with Crippen molar-refractivity contribution in [1.29, 1.82) is 0 Å². The number of hydrogen-bond donors (Lipinski definition) is 2. The molecule has 0 saturated carbocycles. The summed E-state index contributed by atoms with van der Waals surface area (Å²) in [5, 5.41) is 19.4. The predicted molar refractivity (Wildman–Crippen MR) is 127 cm³/mol. The van der Waals surface area contributed by atoms with Crippen LogP contribution in [0.4, 0.5) is 0 Å². The number of hydrogen-bond acceptors (Lipinski definition) is 2. The van der Waals surface area contributed by atoms with Crippen molar-refractivity contribution < 1.29 is 10.2 Å². The predicted octanol–water partition coefficient (Wildman–Crippen LogP) is 8.93. The summed E-state index contributed by atoms with van der Waals surface area (Å²) in [4.78, 5) is 0. The van der Waals surface area contributed by atoms with Crippen LogP contribution in [0.2, 0.25) is 0 Å². The molecule has 0 heterocycles. The minimum absolute atomic E-state index is 0.108. The highest BCUT2D eigenvalue weighted by atomic mass is 16.3. The molecule has 2 nitrogen and oxygen atoms in total. The zero-order chi connectivity index (χ0) is 21.0. The number of benzene rings is 1. The SMILES string of the molecule is CCCCCCCCCCCCCCCCCC=CC=Cc1c(O)cccc1O. The van der Waals surface area contributed by atoms with Gasteiger partial charge < -0.3 is 10.2 Å². The van der Waals surface area contributed by atoms with E-state index in [1.165, 1.54) is 96.3 Å². The van der Waals surface area contributed by atoms with Crippen LogP contribution in [0.25, 0.3) is 6.08 Å². The molecule has 2 N–H and O–H groups in total. The quantitative estimate of drug-likeness (QED) is 0.191. The van der Waals surface area contributed by atoms with Crippen LogP contribution >= 0.6 is 0 Å². The summed E-state index contributed by atoms with van der Waals surface area (Å²) >= 11 is 0. The fraction of sp³-hybridized carbons (Fsp3) is 0.630. The molecule has 0 saturated heterocycles. The van der Waals surface area contributed by atoms with Crippen LogP contribution < -0.4 is 0 Å². The Kier molecular flexibility index (Phi) is 16.0. The van der Waals surface area contributed by atoms with Gasteiger partial charge in [0.05, 0.1) is 5.56 Å². The second-order valence-corrected chi connectivity index (χ2v) is 8.24. The highest BCUT2D eigenvalue weighted by Crippen LogP contribution is 2.27. The topological polar surface area (TPSA) is 40.5 Å².